The number of carbonyl (C=O) groups is 1. The number of aliphatic hydroxyl groups is 2. The van der Waals surface area contributed by atoms with Crippen LogP contribution in [0.3, 0.4) is 0 Å². The van der Waals surface area contributed by atoms with Crippen molar-refractivity contribution < 1.29 is 34.0 Å². The van der Waals surface area contributed by atoms with Crippen LogP contribution in [0.1, 0.15) is 85.0 Å². The number of rotatable bonds is 4. The minimum absolute atomic E-state index is 0.166. The van der Waals surface area contributed by atoms with Crippen LogP contribution in [0.5, 0.6) is 0 Å². The lowest BCUT2D eigenvalue weighted by Gasteiger charge is -2.64. The van der Waals surface area contributed by atoms with Crippen LogP contribution >= 0.6 is 0 Å². The molecular formula is C30H46O7. The lowest BCUT2D eigenvalue weighted by atomic mass is 9.43. The number of carbonyl (C=O) groups excluding carboxylic acids is 1. The first-order chi connectivity index (χ1) is 17.6. The molecule has 7 nitrogen and oxygen atoms in total. The van der Waals surface area contributed by atoms with E-state index in [0.29, 0.717) is 30.8 Å². The zero-order chi connectivity index (χ0) is 26.2. The Morgan fingerprint density at radius 3 is 2.57 bits per heavy atom. The Balaban J connectivity index is 1.15. The molecule has 2 aliphatic heterocycles. The van der Waals surface area contributed by atoms with Gasteiger partial charge in [-0.3, -0.25) is 0 Å². The van der Waals surface area contributed by atoms with Crippen molar-refractivity contribution in [1.82, 2.24) is 0 Å². The van der Waals surface area contributed by atoms with Gasteiger partial charge in [-0.05, 0) is 99.4 Å². The van der Waals surface area contributed by atoms with Crippen LogP contribution in [-0.2, 0) is 23.7 Å². The maximum atomic E-state index is 12.4. The Bertz CT molecular complexity index is 935. The lowest BCUT2D eigenvalue weighted by Crippen LogP contribution is -2.62. The summed E-state index contributed by atoms with van der Waals surface area (Å²) >= 11 is 0. The highest BCUT2D eigenvalue weighted by Gasteiger charge is 2.67. The van der Waals surface area contributed by atoms with Crippen molar-refractivity contribution in [2.45, 2.75) is 121 Å². The first kappa shape index (κ1) is 26.2. The summed E-state index contributed by atoms with van der Waals surface area (Å²) in [5.41, 5.74) is 0.461. The minimum atomic E-state index is -0.670. The maximum Gasteiger partial charge on any atom is 0.331 e. The minimum Gasteiger partial charge on any atom is -0.458 e. The van der Waals surface area contributed by atoms with E-state index in [4.69, 9.17) is 18.9 Å². The molecule has 208 valence electrons. The summed E-state index contributed by atoms with van der Waals surface area (Å²) in [6.45, 7) is 7.07. The van der Waals surface area contributed by atoms with Crippen LogP contribution in [0, 0.1) is 34.5 Å². The number of hydrogen-bond acceptors (Lipinski definition) is 7. The normalized spacial score (nSPS) is 53.6. The first-order valence-corrected chi connectivity index (χ1v) is 14.7. The molecule has 4 saturated carbocycles. The molecule has 1 saturated heterocycles. The van der Waals surface area contributed by atoms with Crippen molar-refractivity contribution in [1.29, 1.82) is 0 Å². The molecule has 0 radical (unpaired) electrons. The second-order valence-corrected chi connectivity index (χ2v) is 13.6. The van der Waals surface area contributed by atoms with Crippen molar-refractivity contribution >= 4 is 5.97 Å². The number of methoxy groups -OCH3 is 1. The molecule has 37 heavy (non-hydrogen) atoms. The molecule has 2 heterocycles. The van der Waals surface area contributed by atoms with Gasteiger partial charge in [0, 0.05) is 25.0 Å². The monoisotopic (exact) mass is 518 g/mol. The summed E-state index contributed by atoms with van der Waals surface area (Å²) in [5.74, 6) is 1.45. The second kappa shape index (κ2) is 9.29. The van der Waals surface area contributed by atoms with Gasteiger partial charge in [0.25, 0.3) is 0 Å². The molecule has 4 aliphatic carbocycles. The van der Waals surface area contributed by atoms with Crippen LogP contribution in [0.15, 0.2) is 11.6 Å². The van der Waals surface area contributed by atoms with E-state index in [2.05, 4.69) is 13.8 Å². The van der Waals surface area contributed by atoms with E-state index in [9.17, 15) is 15.0 Å². The Hall–Kier alpha value is -0.990. The van der Waals surface area contributed by atoms with Gasteiger partial charge in [-0.25, -0.2) is 4.79 Å². The Labute approximate surface area is 221 Å². The van der Waals surface area contributed by atoms with Gasteiger partial charge in [0.15, 0.2) is 6.29 Å². The molecule has 7 heteroatoms. The molecule has 0 bridgehead atoms. The fraction of sp³-hybridized carbons (Fsp3) is 0.900. The number of ether oxygens (including phenoxy) is 4. The van der Waals surface area contributed by atoms with Gasteiger partial charge >= 0.3 is 5.97 Å². The second-order valence-electron chi connectivity index (χ2n) is 13.6. The highest BCUT2D eigenvalue weighted by atomic mass is 16.7. The SMILES string of the molecule is CO[C@H]1C[C@H](O[C@H]2CC[C@]3(C)[C@H](CC[C@@H]4[C@@H]3CC[C@]3(C)[C@@H](C5=CC(=O)OC5)CC[C@]43O)C2)O[C@@H](C)[C@@H]1O. The van der Waals surface area contributed by atoms with Crippen LogP contribution < -0.4 is 0 Å². The molecule has 0 amide bonds. The van der Waals surface area contributed by atoms with Crippen molar-refractivity contribution in [2.75, 3.05) is 13.7 Å². The van der Waals surface area contributed by atoms with Gasteiger partial charge < -0.3 is 29.2 Å². The van der Waals surface area contributed by atoms with Gasteiger partial charge in [-0.15, -0.1) is 0 Å². The van der Waals surface area contributed by atoms with Gasteiger partial charge in [-0.2, -0.15) is 0 Å². The molecule has 6 rings (SSSR count). The van der Waals surface area contributed by atoms with E-state index in [1.165, 1.54) is 0 Å². The number of fused-ring (bicyclic) bond motifs is 5. The smallest absolute Gasteiger partial charge is 0.331 e. The Morgan fingerprint density at radius 1 is 1.03 bits per heavy atom. The summed E-state index contributed by atoms with van der Waals surface area (Å²) in [6, 6.07) is 0. The maximum absolute atomic E-state index is 12.4. The highest BCUT2D eigenvalue weighted by Crippen LogP contribution is 2.70. The molecule has 12 atom stereocenters. The summed E-state index contributed by atoms with van der Waals surface area (Å²) in [5, 5.41) is 22.7. The fourth-order valence-corrected chi connectivity index (χ4v) is 10.0. The van der Waals surface area contributed by atoms with E-state index in [0.717, 1.165) is 63.4 Å². The topological polar surface area (TPSA) is 94.5 Å². The van der Waals surface area contributed by atoms with Gasteiger partial charge in [0.2, 0.25) is 0 Å². The molecule has 2 N–H and O–H groups in total. The van der Waals surface area contributed by atoms with E-state index in [1.807, 2.05) is 6.92 Å². The van der Waals surface area contributed by atoms with Crippen LogP contribution in [-0.4, -0.2) is 66.2 Å². The van der Waals surface area contributed by atoms with Crippen molar-refractivity contribution in [3.8, 4) is 0 Å². The first-order valence-electron chi connectivity index (χ1n) is 14.7. The fourth-order valence-electron chi connectivity index (χ4n) is 10.0. The quantitative estimate of drug-likeness (QED) is 0.427. The number of cyclic esters (lactones) is 1. The highest BCUT2D eigenvalue weighted by molar-refractivity contribution is 5.85. The molecule has 0 spiro atoms. The van der Waals surface area contributed by atoms with Gasteiger partial charge in [0.1, 0.15) is 12.7 Å². The third-order valence-corrected chi connectivity index (χ3v) is 12.2. The zero-order valence-electron chi connectivity index (χ0n) is 23.0. The van der Waals surface area contributed by atoms with Crippen molar-refractivity contribution in [3.63, 3.8) is 0 Å². The van der Waals surface area contributed by atoms with Crippen molar-refractivity contribution in [3.05, 3.63) is 11.6 Å². The molecule has 6 aliphatic rings. The molecule has 0 aromatic heterocycles. The van der Waals surface area contributed by atoms with Crippen LogP contribution in [0.4, 0.5) is 0 Å². The van der Waals surface area contributed by atoms with Gasteiger partial charge in [0.05, 0.1) is 23.9 Å². The average Bonchev–Trinajstić information content (AvgIpc) is 3.41. The predicted molar refractivity (Wildman–Crippen MR) is 136 cm³/mol. The summed E-state index contributed by atoms with van der Waals surface area (Å²) < 4.78 is 23.2. The van der Waals surface area contributed by atoms with E-state index in [-0.39, 0.29) is 47.3 Å². The predicted octanol–water partition coefficient (Wildman–Crippen LogP) is 4.14. The van der Waals surface area contributed by atoms with E-state index >= 15 is 0 Å². The third-order valence-electron chi connectivity index (χ3n) is 12.2. The summed E-state index contributed by atoms with van der Waals surface area (Å²) in [6.07, 6.45) is 10.2. The third kappa shape index (κ3) is 3.97. The molecule has 0 aromatic carbocycles. The van der Waals surface area contributed by atoms with Crippen LogP contribution in [0.2, 0.25) is 0 Å². The van der Waals surface area contributed by atoms with Gasteiger partial charge in [-0.1, -0.05) is 13.8 Å². The van der Waals surface area contributed by atoms with E-state index < -0.39 is 11.7 Å². The van der Waals surface area contributed by atoms with E-state index in [1.54, 1.807) is 13.2 Å². The zero-order valence-corrected chi connectivity index (χ0v) is 23.0. The number of hydrogen-bond donors (Lipinski definition) is 2. The van der Waals surface area contributed by atoms with Crippen molar-refractivity contribution in [2.24, 2.45) is 34.5 Å². The Morgan fingerprint density at radius 2 is 1.84 bits per heavy atom. The largest absolute Gasteiger partial charge is 0.458 e. The number of esters is 1. The summed E-state index contributed by atoms with van der Waals surface area (Å²) in [4.78, 5) is 11.8. The molecule has 0 unspecified atom stereocenters. The number of aliphatic hydroxyl groups excluding tert-OH is 1. The standard InChI is InChI=1S/C30H46O7/c1-17-27(32)24(34-4)15-26(36-17)37-20-7-10-28(2)19(14-20)5-6-23-22(28)8-11-29(3)21(9-12-30(23,29)33)18-13-25(31)35-16-18/h13,17,19-24,26-27,32-33H,5-12,14-16H2,1-4H3/t17-,19+,20-,21+,22-,23+,24-,26-,27-,28+,29+,30-/m0/s1. The Kier molecular flexibility index (Phi) is 6.59. The summed E-state index contributed by atoms with van der Waals surface area (Å²) in [7, 11) is 1.64. The molecular weight excluding hydrogens is 472 g/mol. The lowest BCUT2D eigenvalue weighted by molar-refractivity contribution is -0.273. The average molecular weight is 519 g/mol. The molecule has 5 fully saturated rings. The van der Waals surface area contributed by atoms with Crippen LogP contribution in [0.25, 0.3) is 0 Å². The molecule has 0 aromatic rings.